The van der Waals surface area contributed by atoms with Crippen LogP contribution in [0.5, 0.6) is 0 Å². The van der Waals surface area contributed by atoms with Crippen molar-refractivity contribution in [1.29, 1.82) is 0 Å². The average molecular weight is 622 g/mol. The smallest absolute Gasteiger partial charge is 0.243 e. The average Bonchev–Trinajstić information content (AvgIpc) is 2.84. The van der Waals surface area contributed by atoms with E-state index in [9.17, 15) is 9.59 Å². The van der Waals surface area contributed by atoms with Crippen LogP contribution in [0, 0.1) is 0 Å². The molecule has 0 aliphatic rings. The van der Waals surface area contributed by atoms with Crippen molar-refractivity contribution in [1.82, 2.24) is 10.2 Å². The summed E-state index contributed by atoms with van der Waals surface area (Å²) in [7, 11) is 0. The van der Waals surface area contributed by atoms with Crippen LogP contribution in [0.1, 0.15) is 37.5 Å². The van der Waals surface area contributed by atoms with Gasteiger partial charge in [-0.25, -0.2) is 0 Å². The highest BCUT2D eigenvalue weighted by molar-refractivity contribution is 9.10. The van der Waals surface area contributed by atoms with E-state index in [-0.39, 0.29) is 24.1 Å². The van der Waals surface area contributed by atoms with Crippen LogP contribution in [0.25, 0.3) is 0 Å². The van der Waals surface area contributed by atoms with Crippen molar-refractivity contribution in [3.63, 3.8) is 0 Å². The van der Waals surface area contributed by atoms with Crippen LogP contribution in [0.3, 0.4) is 0 Å². The number of hydrogen-bond donors (Lipinski definition) is 1. The van der Waals surface area contributed by atoms with E-state index < -0.39 is 11.6 Å². The summed E-state index contributed by atoms with van der Waals surface area (Å²) in [5.41, 5.74) is 2.47. The first-order valence-corrected chi connectivity index (χ1v) is 14.6. The second-order valence-electron chi connectivity index (χ2n) is 9.83. The van der Waals surface area contributed by atoms with Gasteiger partial charge in [0.2, 0.25) is 11.8 Å². The van der Waals surface area contributed by atoms with Gasteiger partial charge in [-0.05, 0) is 61.7 Å². The van der Waals surface area contributed by atoms with E-state index >= 15 is 0 Å². The third-order valence-corrected chi connectivity index (χ3v) is 7.77. The molecule has 3 aromatic rings. The molecule has 0 fully saturated rings. The Morgan fingerprint density at radius 2 is 1.57 bits per heavy atom. The molecule has 37 heavy (non-hydrogen) atoms. The predicted molar refractivity (Wildman–Crippen MR) is 159 cm³/mol. The number of amides is 2. The minimum Gasteiger partial charge on any atom is -0.350 e. The Kier molecular flexibility index (Phi) is 10.9. The molecule has 0 saturated carbocycles. The van der Waals surface area contributed by atoms with Crippen molar-refractivity contribution >= 4 is 62.7 Å². The first-order valence-electron chi connectivity index (χ1n) is 11.9. The number of thioether (sulfide) groups is 1. The van der Waals surface area contributed by atoms with Crippen LogP contribution in [-0.2, 0) is 28.3 Å². The summed E-state index contributed by atoms with van der Waals surface area (Å²) in [6.07, 6.45) is 0.396. The molecule has 0 spiro atoms. The lowest BCUT2D eigenvalue weighted by Crippen LogP contribution is -2.54. The second-order valence-corrected chi connectivity index (χ2v) is 12.5. The lowest BCUT2D eigenvalue weighted by molar-refractivity contribution is -0.140. The van der Waals surface area contributed by atoms with Crippen molar-refractivity contribution in [3.8, 4) is 0 Å². The highest BCUT2D eigenvalue weighted by Crippen LogP contribution is 2.25. The summed E-state index contributed by atoms with van der Waals surface area (Å²) in [6.45, 7) is 6.04. The number of nitrogens with zero attached hydrogens (tertiary/aromatic N) is 1. The zero-order valence-electron chi connectivity index (χ0n) is 21.1. The molecule has 0 unspecified atom stereocenters. The van der Waals surface area contributed by atoms with E-state index in [0.717, 1.165) is 21.2 Å². The van der Waals surface area contributed by atoms with Crippen LogP contribution < -0.4 is 5.32 Å². The van der Waals surface area contributed by atoms with Crippen LogP contribution in [0.15, 0.2) is 77.3 Å². The largest absolute Gasteiger partial charge is 0.350 e. The molecule has 0 aromatic heterocycles. The molecule has 2 amide bonds. The van der Waals surface area contributed by atoms with Gasteiger partial charge in [-0.3, -0.25) is 9.59 Å². The monoisotopic (exact) mass is 620 g/mol. The normalized spacial score (nSPS) is 12.2. The van der Waals surface area contributed by atoms with Gasteiger partial charge in [0, 0.05) is 28.7 Å². The Morgan fingerprint density at radius 1 is 0.919 bits per heavy atom. The van der Waals surface area contributed by atoms with Gasteiger partial charge in [-0.1, -0.05) is 87.7 Å². The highest BCUT2D eigenvalue weighted by Gasteiger charge is 2.32. The van der Waals surface area contributed by atoms with Crippen LogP contribution in [-0.4, -0.2) is 34.0 Å². The topological polar surface area (TPSA) is 49.4 Å². The molecule has 4 nitrogen and oxygen atoms in total. The van der Waals surface area contributed by atoms with Crippen molar-refractivity contribution in [3.05, 3.63) is 104 Å². The SMILES string of the molecule is CC(C)(C)NC(=O)[C@@H](Cc1ccccc1)N(Cc1ccc(Cl)c(Cl)c1)C(=O)CSCc1ccc(Br)cc1. The van der Waals surface area contributed by atoms with E-state index in [1.807, 2.05) is 81.4 Å². The Balaban J connectivity index is 1.88. The molecule has 3 rings (SSSR count). The Bertz CT molecular complexity index is 1200. The Morgan fingerprint density at radius 3 is 2.19 bits per heavy atom. The van der Waals surface area contributed by atoms with Gasteiger partial charge in [-0.2, -0.15) is 0 Å². The number of carbonyl (C=O) groups is 2. The zero-order chi connectivity index (χ0) is 27.0. The van der Waals surface area contributed by atoms with Gasteiger partial charge < -0.3 is 10.2 Å². The van der Waals surface area contributed by atoms with Crippen molar-refractivity contribution in [2.24, 2.45) is 0 Å². The van der Waals surface area contributed by atoms with E-state index in [1.54, 1.807) is 17.0 Å². The molecule has 0 heterocycles. The molecule has 0 saturated heterocycles. The van der Waals surface area contributed by atoms with Crippen LogP contribution in [0.2, 0.25) is 10.0 Å². The van der Waals surface area contributed by atoms with Crippen molar-refractivity contribution in [2.45, 2.75) is 51.1 Å². The summed E-state index contributed by atoms with van der Waals surface area (Å²) in [5.74, 6) is 0.628. The number of halogens is 3. The summed E-state index contributed by atoms with van der Waals surface area (Å²) >= 11 is 17.4. The second kappa shape index (κ2) is 13.7. The zero-order valence-corrected chi connectivity index (χ0v) is 25.1. The molecule has 196 valence electrons. The summed E-state index contributed by atoms with van der Waals surface area (Å²) in [5, 5.41) is 3.93. The predicted octanol–water partition coefficient (Wildman–Crippen LogP) is 7.54. The van der Waals surface area contributed by atoms with E-state index in [4.69, 9.17) is 23.2 Å². The van der Waals surface area contributed by atoms with E-state index in [0.29, 0.717) is 22.2 Å². The number of carbonyl (C=O) groups excluding carboxylic acids is 2. The fourth-order valence-electron chi connectivity index (χ4n) is 3.76. The van der Waals surface area contributed by atoms with Crippen molar-refractivity contribution in [2.75, 3.05) is 5.75 Å². The number of rotatable bonds is 10. The first-order chi connectivity index (χ1) is 17.5. The maximum atomic E-state index is 13.7. The number of nitrogens with one attached hydrogen (secondary N) is 1. The van der Waals surface area contributed by atoms with E-state index in [1.165, 1.54) is 11.8 Å². The lowest BCUT2D eigenvalue weighted by Gasteiger charge is -2.34. The van der Waals surface area contributed by atoms with Gasteiger partial charge in [-0.15, -0.1) is 11.8 Å². The quantitative estimate of drug-likeness (QED) is 0.254. The number of benzene rings is 3. The van der Waals surface area contributed by atoms with Gasteiger partial charge in [0.05, 0.1) is 15.8 Å². The maximum absolute atomic E-state index is 13.7. The molecular weight excluding hydrogens is 591 g/mol. The third-order valence-electron chi connectivity index (χ3n) is 5.51. The summed E-state index contributed by atoms with van der Waals surface area (Å²) in [6, 6.07) is 22.4. The maximum Gasteiger partial charge on any atom is 0.243 e. The fraction of sp³-hybridized carbons (Fsp3) is 0.310. The summed E-state index contributed by atoms with van der Waals surface area (Å²) in [4.78, 5) is 29.0. The van der Waals surface area contributed by atoms with Gasteiger partial charge in [0.15, 0.2) is 0 Å². The van der Waals surface area contributed by atoms with E-state index in [2.05, 4.69) is 21.2 Å². The molecule has 0 aliphatic heterocycles. The van der Waals surface area contributed by atoms with Gasteiger partial charge in [0.1, 0.15) is 6.04 Å². The van der Waals surface area contributed by atoms with Crippen LogP contribution >= 0.6 is 50.9 Å². The molecule has 1 atom stereocenters. The third kappa shape index (κ3) is 9.68. The lowest BCUT2D eigenvalue weighted by atomic mass is 10.0. The van der Waals surface area contributed by atoms with Crippen LogP contribution in [0.4, 0.5) is 0 Å². The molecule has 8 heteroatoms. The van der Waals surface area contributed by atoms with Gasteiger partial charge >= 0.3 is 0 Å². The first kappa shape index (κ1) is 29.6. The molecular formula is C29H31BrCl2N2O2S. The highest BCUT2D eigenvalue weighted by atomic mass is 79.9. The van der Waals surface area contributed by atoms with Crippen molar-refractivity contribution < 1.29 is 9.59 Å². The molecule has 0 bridgehead atoms. The summed E-state index contributed by atoms with van der Waals surface area (Å²) < 4.78 is 1.01. The number of hydrogen-bond acceptors (Lipinski definition) is 3. The minimum atomic E-state index is -0.697. The molecule has 1 N–H and O–H groups in total. The fourth-order valence-corrected chi connectivity index (χ4v) is 5.22. The van der Waals surface area contributed by atoms with Gasteiger partial charge in [0.25, 0.3) is 0 Å². The molecule has 3 aromatic carbocycles. The Hall–Kier alpha value is -1.99. The Labute approximate surface area is 242 Å². The standard InChI is InChI=1S/C29H31BrCl2N2O2S/c1-29(2,3)33-28(36)26(16-20-7-5-4-6-8-20)34(17-22-11-14-24(31)25(32)15-22)27(35)19-37-18-21-9-12-23(30)13-10-21/h4-15,26H,16-19H2,1-3H3,(H,33,36)/t26-/m1/s1. The minimum absolute atomic E-state index is 0.113. The molecule has 0 radical (unpaired) electrons. The molecule has 0 aliphatic carbocycles.